The maximum atomic E-state index is 11.8. The van der Waals surface area contributed by atoms with Crippen LogP contribution in [0.1, 0.15) is 20.3 Å². The van der Waals surface area contributed by atoms with Crippen LogP contribution in [0.3, 0.4) is 0 Å². The van der Waals surface area contributed by atoms with Crippen molar-refractivity contribution in [1.82, 2.24) is 5.32 Å². The molecule has 0 radical (unpaired) electrons. The fraction of sp³-hybridized carbons (Fsp3) is 0.500. The molecule has 0 saturated heterocycles. The third kappa shape index (κ3) is 5.79. The monoisotopic (exact) mass is 344 g/mol. The lowest BCUT2D eigenvalue weighted by molar-refractivity contribution is 0.163. The maximum absolute atomic E-state index is 11.8. The highest BCUT2D eigenvalue weighted by Crippen LogP contribution is 2.27. The van der Waals surface area contributed by atoms with Gasteiger partial charge in [0.05, 0.1) is 18.9 Å². The van der Waals surface area contributed by atoms with E-state index in [-0.39, 0.29) is 18.1 Å². The molecule has 0 aliphatic heterocycles. The third-order valence-corrected chi connectivity index (χ3v) is 3.26. The quantitative estimate of drug-likeness (QED) is 0.742. The van der Waals surface area contributed by atoms with Crippen LogP contribution in [-0.4, -0.2) is 30.9 Å². The number of urea groups is 1. The normalized spacial score (nSPS) is 13.4. The summed E-state index contributed by atoms with van der Waals surface area (Å²) in [4.78, 5) is 11.8. The third-order valence-electron chi connectivity index (χ3n) is 2.76. The Morgan fingerprint density at radius 2 is 2.15 bits per heavy atom. The SMILES string of the molecule is COc1ccc(Br)cc1NC(=O)NC[C@H](C)C[C@H](C)O. The number of benzene rings is 1. The van der Waals surface area contributed by atoms with Crippen molar-refractivity contribution in [1.29, 1.82) is 0 Å². The van der Waals surface area contributed by atoms with Gasteiger partial charge in [0.2, 0.25) is 0 Å². The van der Waals surface area contributed by atoms with Crippen LogP contribution in [-0.2, 0) is 0 Å². The van der Waals surface area contributed by atoms with E-state index in [0.717, 1.165) is 4.47 Å². The summed E-state index contributed by atoms with van der Waals surface area (Å²) in [5.74, 6) is 0.811. The van der Waals surface area contributed by atoms with Gasteiger partial charge in [-0.2, -0.15) is 0 Å². The van der Waals surface area contributed by atoms with E-state index in [9.17, 15) is 9.90 Å². The molecule has 0 unspecified atom stereocenters. The van der Waals surface area contributed by atoms with E-state index in [1.807, 2.05) is 13.0 Å². The topological polar surface area (TPSA) is 70.6 Å². The highest BCUT2D eigenvalue weighted by Gasteiger charge is 2.10. The minimum absolute atomic E-state index is 0.213. The second-order valence-corrected chi connectivity index (χ2v) is 5.79. The number of aliphatic hydroxyl groups excluding tert-OH is 1. The fourth-order valence-electron chi connectivity index (χ4n) is 1.88. The number of carbonyl (C=O) groups is 1. The van der Waals surface area contributed by atoms with Crippen molar-refractivity contribution in [3.8, 4) is 5.75 Å². The van der Waals surface area contributed by atoms with Crippen molar-refractivity contribution < 1.29 is 14.6 Å². The Morgan fingerprint density at radius 3 is 2.75 bits per heavy atom. The Morgan fingerprint density at radius 1 is 1.45 bits per heavy atom. The molecule has 2 atom stereocenters. The van der Waals surface area contributed by atoms with Crippen molar-refractivity contribution in [3.05, 3.63) is 22.7 Å². The van der Waals surface area contributed by atoms with Gasteiger partial charge in [-0.25, -0.2) is 4.79 Å². The summed E-state index contributed by atoms with van der Waals surface area (Å²) in [7, 11) is 1.55. The molecular formula is C14H21BrN2O3. The van der Waals surface area contributed by atoms with E-state index in [2.05, 4.69) is 26.6 Å². The zero-order chi connectivity index (χ0) is 15.1. The Hall–Kier alpha value is -1.27. The molecule has 0 aliphatic rings. The second kappa shape index (κ2) is 8.11. The number of hydrogen-bond acceptors (Lipinski definition) is 3. The number of aliphatic hydroxyl groups is 1. The minimum Gasteiger partial charge on any atom is -0.495 e. The molecule has 6 heteroatoms. The summed E-state index contributed by atoms with van der Waals surface area (Å²) in [6.07, 6.45) is 0.292. The molecule has 0 aliphatic carbocycles. The average molecular weight is 345 g/mol. The lowest BCUT2D eigenvalue weighted by atomic mass is 10.1. The lowest BCUT2D eigenvalue weighted by Crippen LogP contribution is -2.33. The van der Waals surface area contributed by atoms with E-state index in [0.29, 0.717) is 24.4 Å². The lowest BCUT2D eigenvalue weighted by Gasteiger charge is -2.15. The molecule has 0 aromatic heterocycles. The van der Waals surface area contributed by atoms with E-state index < -0.39 is 0 Å². The molecule has 20 heavy (non-hydrogen) atoms. The summed E-state index contributed by atoms with van der Waals surface area (Å²) in [6, 6.07) is 5.10. The zero-order valence-corrected chi connectivity index (χ0v) is 13.5. The van der Waals surface area contributed by atoms with Crippen LogP contribution in [0.5, 0.6) is 5.75 Å². The summed E-state index contributed by atoms with van der Waals surface area (Å²) < 4.78 is 6.04. The summed E-state index contributed by atoms with van der Waals surface area (Å²) in [6.45, 7) is 4.22. The smallest absolute Gasteiger partial charge is 0.319 e. The number of nitrogens with one attached hydrogen (secondary N) is 2. The van der Waals surface area contributed by atoms with Crippen LogP contribution in [0.25, 0.3) is 0 Å². The van der Waals surface area contributed by atoms with Crippen molar-refractivity contribution in [2.45, 2.75) is 26.4 Å². The van der Waals surface area contributed by atoms with Crippen LogP contribution in [0.15, 0.2) is 22.7 Å². The van der Waals surface area contributed by atoms with Gasteiger partial charge in [0.25, 0.3) is 0 Å². The van der Waals surface area contributed by atoms with Gasteiger partial charge in [0, 0.05) is 11.0 Å². The maximum Gasteiger partial charge on any atom is 0.319 e. The van der Waals surface area contributed by atoms with E-state index in [1.165, 1.54) is 0 Å². The highest BCUT2D eigenvalue weighted by molar-refractivity contribution is 9.10. The first-order chi connectivity index (χ1) is 9.42. The molecule has 0 heterocycles. The highest BCUT2D eigenvalue weighted by atomic mass is 79.9. The number of amides is 2. The Kier molecular flexibility index (Phi) is 6.81. The predicted octanol–water partition coefficient (Wildman–Crippen LogP) is 2.99. The van der Waals surface area contributed by atoms with Crippen LogP contribution >= 0.6 is 15.9 Å². The number of ether oxygens (including phenoxy) is 1. The number of hydrogen-bond donors (Lipinski definition) is 3. The first-order valence-electron chi connectivity index (χ1n) is 6.48. The number of methoxy groups -OCH3 is 1. The fourth-order valence-corrected chi connectivity index (χ4v) is 2.24. The Labute approximate surface area is 127 Å². The number of halogens is 1. The number of anilines is 1. The van der Waals surface area contributed by atoms with Gasteiger partial charge in [-0.05, 0) is 37.5 Å². The first-order valence-corrected chi connectivity index (χ1v) is 7.28. The van der Waals surface area contributed by atoms with Gasteiger partial charge in [0.15, 0.2) is 0 Å². The molecule has 2 amide bonds. The molecule has 0 spiro atoms. The zero-order valence-electron chi connectivity index (χ0n) is 11.9. The molecule has 3 N–H and O–H groups in total. The van der Waals surface area contributed by atoms with Gasteiger partial charge >= 0.3 is 6.03 Å². The largest absolute Gasteiger partial charge is 0.495 e. The molecule has 112 valence electrons. The van der Waals surface area contributed by atoms with Crippen molar-refractivity contribution in [2.75, 3.05) is 19.0 Å². The molecule has 1 rings (SSSR count). The molecule has 1 aromatic rings. The van der Waals surface area contributed by atoms with Gasteiger partial charge in [0.1, 0.15) is 5.75 Å². The van der Waals surface area contributed by atoms with Gasteiger partial charge in [-0.1, -0.05) is 22.9 Å². The molecule has 0 bridgehead atoms. The van der Waals surface area contributed by atoms with E-state index in [1.54, 1.807) is 26.2 Å². The molecule has 0 saturated carbocycles. The minimum atomic E-state index is -0.361. The van der Waals surface area contributed by atoms with Gasteiger partial charge in [-0.15, -0.1) is 0 Å². The molecule has 0 fully saturated rings. The van der Waals surface area contributed by atoms with Gasteiger partial charge in [-0.3, -0.25) is 0 Å². The number of rotatable bonds is 6. The number of carbonyl (C=O) groups excluding carboxylic acids is 1. The standard InChI is InChI=1S/C14H21BrN2O3/c1-9(6-10(2)18)8-16-14(19)17-12-7-11(15)4-5-13(12)20-3/h4-5,7,9-10,18H,6,8H2,1-3H3,(H2,16,17,19)/t9-,10+/m1/s1. The van der Waals surface area contributed by atoms with Crippen molar-refractivity contribution in [3.63, 3.8) is 0 Å². The van der Waals surface area contributed by atoms with Crippen LogP contribution in [0.2, 0.25) is 0 Å². The second-order valence-electron chi connectivity index (χ2n) is 4.87. The Bertz CT molecular complexity index is 452. The van der Waals surface area contributed by atoms with E-state index in [4.69, 9.17) is 4.74 Å². The van der Waals surface area contributed by atoms with E-state index >= 15 is 0 Å². The molecule has 5 nitrogen and oxygen atoms in total. The first kappa shape index (κ1) is 16.8. The molecule has 1 aromatic carbocycles. The van der Waals surface area contributed by atoms with Gasteiger partial charge < -0.3 is 20.5 Å². The molecular weight excluding hydrogens is 324 g/mol. The summed E-state index contributed by atoms with van der Waals surface area (Å²) >= 11 is 3.35. The van der Waals surface area contributed by atoms with Crippen molar-refractivity contribution in [2.24, 2.45) is 5.92 Å². The van der Waals surface area contributed by atoms with Crippen LogP contribution in [0, 0.1) is 5.92 Å². The average Bonchev–Trinajstić information content (AvgIpc) is 2.36. The van der Waals surface area contributed by atoms with Crippen LogP contribution in [0.4, 0.5) is 10.5 Å². The Balaban J connectivity index is 2.52. The summed E-state index contributed by atoms with van der Waals surface area (Å²) in [5.41, 5.74) is 0.600. The predicted molar refractivity (Wildman–Crippen MR) is 83.2 cm³/mol. The summed E-state index contributed by atoms with van der Waals surface area (Å²) in [5, 5.41) is 14.8. The van der Waals surface area contributed by atoms with Crippen LogP contribution < -0.4 is 15.4 Å². The van der Waals surface area contributed by atoms with Crippen molar-refractivity contribution >= 4 is 27.6 Å².